The molecule has 1 aliphatic rings. The van der Waals surface area contributed by atoms with E-state index in [4.69, 9.17) is 0 Å². The van der Waals surface area contributed by atoms with E-state index >= 15 is 0 Å². The Morgan fingerprint density at radius 3 is 2.84 bits per heavy atom. The van der Waals surface area contributed by atoms with Crippen LogP contribution >= 0.6 is 24.8 Å². The number of amides is 1. The third kappa shape index (κ3) is 4.67. The highest BCUT2D eigenvalue weighted by atomic mass is 35.5. The van der Waals surface area contributed by atoms with Crippen LogP contribution in [0.15, 0.2) is 18.5 Å². The molecule has 2 rings (SSSR count). The molecule has 0 spiro atoms. The van der Waals surface area contributed by atoms with E-state index in [9.17, 15) is 4.79 Å². The zero-order valence-corrected chi connectivity index (χ0v) is 12.9. The second kappa shape index (κ2) is 7.72. The molecule has 0 aliphatic carbocycles. The maximum Gasteiger partial charge on any atom is 0.227 e. The molecule has 2 N–H and O–H groups in total. The minimum Gasteiger partial charge on any atom is -0.351 e. The maximum absolute atomic E-state index is 12.1. The molecule has 1 aromatic rings. The number of hydrogen-bond donors (Lipinski definition) is 2. The van der Waals surface area contributed by atoms with Gasteiger partial charge in [0, 0.05) is 25.0 Å². The molecule has 2 heterocycles. The Bertz CT molecular complexity index is 377. The molecule has 2 unspecified atom stereocenters. The standard InChI is InChI=1S/C12H20N4O.2ClH/c1-10(8-16-7-3-5-14-16)15-11(17)12(2)4-6-13-9-12;;/h3,5,7,10,13H,4,6,8-9H2,1-2H3,(H,15,17);2*1H. The lowest BCUT2D eigenvalue weighted by molar-refractivity contribution is -0.129. The molecule has 0 radical (unpaired) electrons. The Morgan fingerprint density at radius 2 is 2.32 bits per heavy atom. The second-order valence-electron chi connectivity index (χ2n) is 5.09. The van der Waals surface area contributed by atoms with Crippen molar-refractivity contribution in [3.05, 3.63) is 18.5 Å². The lowest BCUT2D eigenvalue weighted by Crippen LogP contribution is -2.45. The summed E-state index contributed by atoms with van der Waals surface area (Å²) in [5, 5.41) is 10.4. The van der Waals surface area contributed by atoms with Gasteiger partial charge < -0.3 is 10.6 Å². The highest BCUT2D eigenvalue weighted by molar-refractivity contribution is 5.85. The zero-order valence-electron chi connectivity index (χ0n) is 11.3. The van der Waals surface area contributed by atoms with Gasteiger partial charge in [-0.3, -0.25) is 9.48 Å². The highest BCUT2D eigenvalue weighted by Crippen LogP contribution is 2.24. The van der Waals surface area contributed by atoms with Gasteiger partial charge in [-0.2, -0.15) is 5.10 Å². The first kappa shape index (κ1) is 18.2. The minimum atomic E-state index is -0.252. The van der Waals surface area contributed by atoms with E-state index in [0.29, 0.717) is 6.54 Å². The number of carbonyl (C=O) groups excluding carboxylic acids is 1. The molecule has 1 aliphatic heterocycles. The molecule has 1 fully saturated rings. The number of rotatable bonds is 4. The van der Waals surface area contributed by atoms with Crippen LogP contribution in [0.4, 0.5) is 0 Å². The van der Waals surface area contributed by atoms with E-state index in [1.54, 1.807) is 6.20 Å². The predicted octanol–water partition coefficient (Wildman–Crippen LogP) is 1.23. The molecule has 110 valence electrons. The molecule has 1 aromatic heterocycles. The Morgan fingerprint density at radius 1 is 1.58 bits per heavy atom. The van der Waals surface area contributed by atoms with Gasteiger partial charge in [0.25, 0.3) is 0 Å². The van der Waals surface area contributed by atoms with Crippen LogP contribution in [0.5, 0.6) is 0 Å². The van der Waals surface area contributed by atoms with Crippen molar-refractivity contribution in [2.75, 3.05) is 13.1 Å². The van der Waals surface area contributed by atoms with Gasteiger partial charge in [-0.25, -0.2) is 0 Å². The molecule has 1 amide bonds. The fourth-order valence-corrected chi connectivity index (χ4v) is 2.14. The number of aromatic nitrogens is 2. The van der Waals surface area contributed by atoms with Gasteiger partial charge in [-0.05, 0) is 32.9 Å². The Kier molecular flexibility index (Phi) is 7.41. The van der Waals surface area contributed by atoms with Gasteiger partial charge in [-0.1, -0.05) is 0 Å². The van der Waals surface area contributed by atoms with Gasteiger partial charge in [0.15, 0.2) is 0 Å². The summed E-state index contributed by atoms with van der Waals surface area (Å²) in [6.45, 7) is 6.43. The third-order valence-corrected chi connectivity index (χ3v) is 3.31. The van der Waals surface area contributed by atoms with Crippen molar-refractivity contribution < 1.29 is 4.79 Å². The lowest BCUT2D eigenvalue weighted by atomic mass is 9.88. The summed E-state index contributed by atoms with van der Waals surface area (Å²) in [6.07, 6.45) is 4.56. The molecular formula is C12H22Cl2N4O. The van der Waals surface area contributed by atoms with Crippen molar-refractivity contribution in [1.82, 2.24) is 20.4 Å². The average molecular weight is 309 g/mol. The molecule has 19 heavy (non-hydrogen) atoms. The first-order chi connectivity index (χ1) is 8.10. The fraction of sp³-hybridized carbons (Fsp3) is 0.667. The summed E-state index contributed by atoms with van der Waals surface area (Å²) in [7, 11) is 0. The molecule has 0 aromatic carbocycles. The van der Waals surface area contributed by atoms with Crippen molar-refractivity contribution >= 4 is 30.7 Å². The van der Waals surface area contributed by atoms with E-state index in [-0.39, 0.29) is 42.2 Å². The lowest BCUT2D eigenvalue weighted by Gasteiger charge is -2.24. The smallest absolute Gasteiger partial charge is 0.227 e. The molecule has 0 bridgehead atoms. The van der Waals surface area contributed by atoms with Crippen LogP contribution in [-0.2, 0) is 11.3 Å². The predicted molar refractivity (Wildman–Crippen MR) is 79.9 cm³/mol. The Hall–Kier alpha value is -0.780. The first-order valence-electron chi connectivity index (χ1n) is 6.09. The monoisotopic (exact) mass is 308 g/mol. The SMILES string of the molecule is CC(Cn1cccn1)NC(=O)C1(C)CCNC1.Cl.Cl. The maximum atomic E-state index is 12.1. The van der Waals surface area contributed by atoms with Gasteiger partial charge in [0.1, 0.15) is 0 Å². The van der Waals surface area contributed by atoms with Crippen molar-refractivity contribution in [2.24, 2.45) is 5.41 Å². The Labute approximate surface area is 126 Å². The quantitative estimate of drug-likeness (QED) is 0.879. The summed E-state index contributed by atoms with van der Waals surface area (Å²) in [5.41, 5.74) is -0.252. The molecule has 7 heteroatoms. The van der Waals surface area contributed by atoms with Gasteiger partial charge in [0.05, 0.1) is 12.0 Å². The highest BCUT2D eigenvalue weighted by Gasteiger charge is 2.36. The van der Waals surface area contributed by atoms with E-state index in [0.717, 1.165) is 19.5 Å². The summed E-state index contributed by atoms with van der Waals surface area (Å²) < 4.78 is 1.83. The number of nitrogens with zero attached hydrogens (tertiary/aromatic N) is 2. The van der Waals surface area contributed by atoms with E-state index in [1.165, 1.54) is 0 Å². The zero-order chi connectivity index (χ0) is 12.3. The van der Waals surface area contributed by atoms with Crippen LogP contribution in [0.25, 0.3) is 0 Å². The number of carbonyl (C=O) groups is 1. The van der Waals surface area contributed by atoms with Gasteiger partial charge in [0.2, 0.25) is 5.91 Å². The Balaban J connectivity index is 0.00000162. The summed E-state index contributed by atoms with van der Waals surface area (Å²) in [6, 6.07) is 1.98. The van der Waals surface area contributed by atoms with Gasteiger partial charge in [-0.15, -0.1) is 24.8 Å². The molecule has 1 saturated heterocycles. The van der Waals surface area contributed by atoms with Crippen LogP contribution in [0.3, 0.4) is 0 Å². The van der Waals surface area contributed by atoms with Crippen LogP contribution in [0, 0.1) is 5.41 Å². The van der Waals surface area contributed by atoms with Crippen LogP contribution in [0.1, 0.15) is 20.3 Å². The summed E-state index contributed by atoms with van der Waals surface area (Å²) in [4.78, 5) is 12.1. The van der Waals surface area contributed by atoms with E-state index < -0.39 is 0 Å². The number of hydrogen-bond acceptors (Lipinski definition) is 3. The van der Waals surface area contributed by atoms with Crippen LogP contribution < -0.4 is 10.6 Å². The average Bonchev–Trinajstić information content (AvgIpc) is 2.90. The normalized spacial score (nSPS) is 23.1. The van der Waals surface area contributed by atoms with Crippen molar-refractivity contribution in [3.8, 4) is 0 Å². The molecule has 2 atom stereocenters. The molecular weight excluding hydrogens is 287 g/mol. The van der Waals surface area contributed by atoms with Crippen molar-refractivity contribution in [3.63, 3.8) is 0 Å². The topological polar surface area (TPSA) is 59.0 Å². The number of halogens is 2. The largest absolute Gasteiger partial charge is 0.351 e. The van der Waals surface area contributed by atoms with Crippen molar-refractivity contribution in [1.29, 1.82) is 0 Å². The van der Waals surface area contributed by atoms with E-state index in [1.807, 2.05) is 30.8 Å². The third-order valence-electron chi connectivity index (χ3n) is 3.31. The van der Waals surface area contributed by atoms with Crippen LogP contribution in [-0.4, -0.2) is 34.8 Å². The summed E-state index contributed by atoms with van der Waals surface area (Å²) in [5.74, 6) is 0.141. The number of nitrogens with one attached hydrogen (secondary N) is 2. The van der Waals surface area contributed by atoms with Crippen molar-refractivity contribution in [2.45, 2.75) is 32.9 Å². The molecule has 0 saturated carbocycles. The molecule has 5 nitrogen and oxygen atoms in total. The second-order valence-corrected chi connectivity index (χ2v) is 5.09. The van der Waals surface area contributed by atoms with E-state index in [2.05, 4.69) is 15.7 Å². The minimum absolute atomic E-state index is 0. The fourth-order valence-electron chi connectivity index (χ4n) is 2.14. The first-order valence-corrected chi connectivity index (χ1v) is 6.09. The van der Waals surface area contributed by atoms with Crippen LogP contribution in [0.2, 0.25) is 0 Å². The van der Waals surface area contributed by atoms with Gasteiger partial charge >= 0.3 is 0 Å². The summed E-state index contributed by atoms with van der Waals surface area (Å²) >= 11 is 0.